The lowest BCUT2D eigenvalue weighted by molar-refractivity contribution is 0.670. The largest absolute Gasteiger partial charge is 0.455 e. The minimum Gasteiger partial charge on any atom is -0.455 e. The Hall–Kier alpha value is -7.80. The number of para-hydroxylation sites is 3. The lowest BCUT2D eigenvalue weighted by Gasteiger charge is -2.10. The van der Waals surface area contributed by atoms with Gasteiger partial charge in [-0.25, -0.2) is 19.9 Å². The van der Waals surface area contributed by atoms with Crippen LogP contribution in [0.4, 0.5) is 0 Å². The van der Waals surface area contributed by atoms with Crippen LogP contribution in [0.3, 0.4) is 0 Å². The van der Waals surface area contributed by atoms with E-state index < -0.39 is 0 Å². The van der Waals surface area contributed by atoms with Gasteiger partial charge in [-0.15, -0.1) is 11.3 Å². The summed E-state index contributed by atoms with van der Waals surface area (Å²) in [6, 6.07) is 67.3. The second-order valence-electron chi connectivity index (χ2n) is 15.0. The molecule has 0 amide bonds. The highest BCUT2D eigenvalue weighted by atomic mass is 32.1. The summed E-state index contributed by atoms with van der Waals surface area (Å²) in [6.45, 7) is 0. The molecule has 280 valence electrons. The fraction of sp³-hybridized carbons (Fsp3) is 0. The van der Waals surface area contributed by atoms with Gasteiger partial charge in [-0.2, -0.15) is 0 Å². The summed E-state index contributed by atoms with van der Waals surface area (Å²) in [5, 5.41) is 5.89. The number of furan rings is 1. The molecular formula is C54H32N4OS. The standard InChI is InChI=1S/C54H32N4OS/c1-3-12-35(13-4-1)49-51-48(43-17-7-9-20-45(43)55-49)44-32-39(30-31-47(44)60-51)33-22-26-37(27-23-33)53-56-52(36-14-5-2-6-15-36)57-54(58-53)38-28-24-34(25-29-38)40-18-11-19-42-41-16-8-10-21-46(41)59-50(40)42/h1-32H. The molecule has 0 aliphatic rings. The van der Waals surface area contributed by atoms with Gasteiger partial charge in [-0.05, 0) is 41.0 Å². The Bertz CT molecular complexity index is 3580. The van der Waals surface area contributed by atoms with Crippen molar-refractivity contribution < 1.29 is 4.42 Å². The number of nitrogens with zero attached hydrogens (tertiary/aromatic N) is 4. The van der Waals surface area contributed by atoms with Gasteiger partial charge in [0.05, 0.1) is 15.9 Å². The molecule has 4 heterocycles. The second-order valence-corrected chi connectivity index (χ2v) is 16.0. The first kappa shape index (κ1) is 34.3. The van der Waals surface area contributed by atoms with E-state index in [4.69, 9.17) is 24.4 Å². The van der Waals surface area contributed by atoms with Crippen LogP contribution in [0.5, 0.6) is 0 Å². The number of aromatic nitrogens is 4. The summed E-state index contributed by atoms with van der Waals surface area (Å²) >= 11 is 1.81. The molecular weight excluding hydrogens is 753 g/mol. The van der Waals surface area contributed by atoms with E-state index in [2.05, 4.69) is 146 Å². The van der Waals surface area contributed by atoms with Crippen molar-refractivity contribution in [2.45, 2.75) is 0 Å². The summed E-state index contributed by atoms with van der Waals surface area (Å²) in [7, 11) is 0. The molecule has 0 aliphatic carbocycles. The van der Waals surface area contributed by atoms with Crippen molar-refractivity contribution in [1.29, 1.82) is 0 Å². The molecule has 5 nitrogen and oxygen atoms in total. The molecule has 60 heavy (non-hydrogen) atoms. The first-order chi connectivity index (χ1) is 29.7. The zero-order valence-electron chi connectivity index (χ0n) is 32.1. The highest BCUT2D eigenvalue weighted by Crippen LogP contribution is 2.44. The van der Waals surface area contributed by atoms with Crippen LogP contribution in [-0.4, -0.2) is 19.9 Å². The molecule has 4 aromatic heterocycles. The molecule has 0 unspecified atom stereocenters. The minimum atomic E-state index is 0.614. The molecule has 0 saturated heterocycles. The van der Waals surface area contributed by atoms with Crippen LogP contribution in [0.2, 0.25) is 0 Å². The maximum absolute atomic E-state index is 6.35. The molecule has 12 aromatic rings. The number of benzene rings is 8. The van der Waals surface area contributed by atoms with Gasteiger partial charge in [0.15, 0.2) is 17.5 Å². The van der Waals surface area contributed by atoms with E-state index in [-0.39, 0.29) is 0 Å². The zero-order chi connectivity index (χ0) is 39.6. The Morgan fingerprint density at radius 3 is 1.63 bits per heavy atom. The summed E-state index contributed by atoms with van der Waals surface area (Å²) in [6.07, 6.45) is 0. The van der Waals surface area contributed by atoms with E-state index >= 15 is 0 Å². The van der Waals surface area contributed by atoms with Crippen LogP contribution in [0.1, 0.15) is 0 Å². The lowest BCUT2D eigenvalue weighted by Crippen LogP contribution is -2.00. The Morgan fingerprint density at radius 1 is 0.367 bits per heavy atom. The van der Waals surface area contributed by atoms with Gasteiger partial charge in [-0.1, -0.05) is 170 Å². The van der Waals surface area contributed by atoms with Crippen LogP contribution >= 0.6 is 11.3 Å². The van der Waals surface area contributed by atoms with Crippen LogP contribution < -0.4 is 0 Å². The fourth-order valence-corrected chi connectivity index (χ4v) is 9.60. The van der Waals surface area contributed by atoms with Crippen molar-refractivity contribution >= 4 is 64.4 Å². The van der Waals surface area contributed by atoms with E-state index in [1.165, 1.54) is 25.6 Å². The average molecular weight is 785 g/mol. The van der Waals surface area contributed by atoms with Crippen LogP contribution in [0.25, 0.3) is 121 Å². The third-order valence-corrected chi connectivity index (χ3v) is 12.5. The van der Waals surface area contributed by atoms with Crippen molar-refractivity contribution in [3.05, 3.63) is 194 Å². The van der Waals surface area contributed by atoms with E-state index in [1.807, 2.05) is 59.9 Å². The van der Waals surface area contributed by atoms with Crippen LogP contribution in [0.15, 0.2) is 199 Å². The van der Waals surface area contributed by atoms with E-state index in [1.54, 1.807) is 0 Å². The van der Waals surface area contributed by atoms with Crippen LogP contribution in [-0.2, 0) is 0 Å². The Labute approximate surface area is 348 Å². The average Bonchev–Trinajstić information content (AvgIpc) is 3.91. The van der Waals surface area contributed by atoms with Crippen LogP contribution in [0, 0.1) is 0 Å². The van der Waals surface area contributed by atoms with Crippen molar-refractivity contribution in [1.82, 2.24) is 19.9 Å². The van der Waals surface area contributed by atoms with Crippen molar-refractivity contribution in [3.63, 3.8) is 0 Å². The molecule has 6 heteroatoms. The van der Waals surface area contributed by atoms with Gasteiger partial charge in [-0.3, -0.25) is 0 Å². The monoisotopic (exact) mass is 784 g/mol. The molecule has 12 rings (SSSR count). The number of hydrogen-bond acceptors (Lipinski definition) is 6. The molecule has 0 aliphatic heterocycles. The molecule has 0 fully saturated rings. The van der Waals surface area contributed by atoms with Gasteiger partial charge in [0.1, 0.15) is 11.2 Å². The van der Waals surface area contributed by atoms with E-state index in [0.717, 1.165) is 77.7 Å². The maximum atomic E-state index is 6.35. The van der Waals surface area contributed by atoms with Crippen molar-refractivity contribution in [2.24, 2.45) is 0 Å². The molecule has 0 bridgehead atoms. The predicted octanol–water partition coefficient (Wildman–Crippen LogP) is 14.7. The fourth-order valence-electron chi connectivity index (χ4n) is 8.39. The Balaban J connectivity index is 0.923. The number of fused-ring (bicyclic) bond motifs is 8. The number of rotatable bonds is 6. The second kappa shape index (κ2) is 13.9. The molecule has 0 saturated carbocycles. The summed E-state index contributed by atoms with van der Waals surface area (Å²) < 4.78 is 8.80. The van der Waals surface area contributed by atoms with Gasteiger partial charge in [0.2, 0.25) is 0 Å². The first-order valence-electron chi connectivity index (χ1n) is 20.0. The highest BCUT2D eigenvalue weighted by Gasteiger charge is 2.18. The number of thiophene rings is 1. The quantitative estimate of drug-likeness (QED) is 0.168. The lowest BCUT2D eigenvalue weighted by atomic mass is 9.99. The van der Waals surface area contributed by atoms with Gasteiger partial charge in [0.25, 0.3) is 0 Å². The minimum absolute atomic E-state index is 0.614. The third kappa shape index (κ3) is 5.76. The van der Waals surface area contributed by atoms with Crippen molar-refractivity contribution in [3.8, 4) is 67.7 Å². The third-order valence-electron chi connectivity index (χ3n) is 11.4. The molecule has 0 atom stereocenters. The number of pyridine rings is 1. The summed E-state index contributed by atoms with van der Waals surface area (Å²) in [5.74, 6) is 1.86. The maximum Gasteiger partial charge on any atom is 0.164 e. The first-order valence-corrected chi connectivity index (χ1v) is 20.8. The molecule has 0 N–H and O–H groups in total. The normalized spacial score (nSPS) is 11.7. The Morgan fingerprint density at radius 2 is 0.917 bits per heavy atom. The van der Waals surface area contributed by atoms with Gasteiger partial charge < -0.3 is 4.42 Å². The van der Waals surface area contributed by atoms with Gasteiger partial charge >= 0.3 is 0 Å². The molecule has 0 radical (unpaired) electrons. The molecule has 8 aromatic carbocycles. The molecule has 0 spiro atoms. The van der Waals surface area contributed by atoms with E-state index in [9.17, 15) is 0 Å². The topological polar surface area (TPSA) is 64.7 Å². The predicted molar refractivity (Wildman–Crippen MR) is 248 cm³/mol. The smallest absolute Gasteiger partial charge is 0.164 e. The summed E-state index contributed by atoms with van der Waals surface area (Å²) in [5.41, 5.74) is 12.1. The zero-order valence-corrected chi connectivity index (χ0v) is 32.9. The Kier molecular flexibility index (Phi) is 7.96. The SMILES string of the molecule is c1ccc(-c2nc(-c3ccc(-c4ccc5sc6c(-c7ccccc7)nc7ccccc7c6c5c4)cc3)nc(-c3ccc(-c4cccc5c4oc4ccccc45)cc3)n2)cc1. The van der Waals surface area contributed by atoms with E-state index in [0.29, 0.717) is 17.5 Å². The summed E-state index contributed by atoms with van der Waals surface area (Å²) in [4.78, 5) is 20.2. The number of hydrogen-bond donors (Lipinski definition) is 0. The van der Waals surface area contributed by atoms with Gasteiger partial charge in [0, 0.05) is 59.4 Å². The highest BCUT2D eigenvalue weighted by molar-refractivity contribution is 7.26. The van der Waals surface area contributed by atoms with Crippen molar-refractivity contribution in [2.75, 3.05) is 0 Å².